The van der Waals surface area contributed by atoms with Crippen molar-refractivity contribution in [1.29, 1.82) is 0 Å². The lowest BCUT2D eigenvalue weighted by Gasteiger charge is -2.41. The minimum atomic E-state index is -0.958. The summed E-state index contributed by atoms with van der Waals surface area (Å²) in [5, 5.41) is 20.7. The third-order valence-corrected chi connectivity index (χ3v) is 5.20. The largest absolute Gasteiger partial charge is 0.480 e. The van der Waals surface area contributed by atoms with Crippen LogP contribution in [0.2, 0.25) is 0 Å². The highest BCUT2D eigenvalue weighted by Crippen LogP contribution is 2.43. The van der Waals surface area contributed by atoms with E-state index in [-0.39, 0.29) is 17.8 Å². The van der Waals surface area contributed by atoms with Gasteiger partial charge >= 0.3 is 5.97 Å². The Bertz CT molecular complexity index is 868. The van der Waals surface area contributed by atoms with E-state index in [2.05, 4.69) is 25.5 Å². The standard InChI is InChI=1S/C18H19FN6O2/c19-12-3-1-8-21-16(12)18(6-2-7-18)10-22-14-4-5-15(24-23-14)25-11-20-9-13(25)17(26)27/h1,3-5,8,11,13H,2,6-7,9-10H2,(H,22,23)(H,26,27). The third kappa shape index (κ3) is 3.20. The maximum absolute atomic E-state index is 14.2. The summed E-state index contributed by atoms with van der Waals surface area (Å²) in [5.41, 5.74) is 0.160. The van der Waals surface area contributed by atoms with E-state index < -0.39 is 12.0 Å². The van der Waals surface area contributed by atoms with E-state index in [9.17, 15) is 14.3 Å². The summed E-state index contributed by atoms with van der Waals surface area (Å²) in [6.07, 6.45) is 5.84. The van der Waals surface area contributed by atoms with Crippen LogP contribution in [0.1, 0.15) is 25.0 Å². The van der Waals surface area contributed by atoms with Crippen molar-refractivity contribution in [3.8, 4) is 0 Å². The lowest BCUT2D eigenvalue weighted by molar-refractivity contribution is -0.137. The molecule has 0 spiro atoms. The average molecular weight is 370 g/mol. The van der Waals surface area contributed by atoms with E-state index >= 15 is 0 Å². The Labute approximate surface area is 155 Å². The van der Waals surface area contributed by atoms with Gasteiger partial charge in [-0.05, 0) is 37.1 Å². The molecule has 9 heteroatoms. The van der Waals surface area contributed by atoms with Gasteiger partial charge in [0.2, 0.25) is 0 Å². The molecule has 140 valence electrons. The molecule has 0 bridgehead atoms. The molecular weight excluding hydrogens is 351 g/mol. The molecular formula is C18H19FN6O2. The minimum absolute atomic E-state index is 0.190. The number of hydrogen-bond acceptors (Lipinski definition) is 7. The molecule has 2 aromatic heterocycles. The van der Waals surface area contributed by atoms with Gasteiger partial charge in [-0.25, -0.2) is 9.18 Å². The van der Waals surface area contributed by atoms with Crippen LogP contribution < -0.4 is 10.2 Å². The van der Waals surface area contributed by atoms with E-state index in [4.69, 9.17) is 0 Å². The molecule has 8 nitrogen and oxygen atoms in total. The van der Waals surface area contributed by atoms with Crippen molar-refractivity contribution in [2.45, 2.75) is 30.7 Å². The first-order valence-electron chi connectivity index (χ1n) is 8.79. The average Bonchev–Trinajstić information content (AvgIpc) is 3.13. The smallest absolute Gasteiger partial charge is 0.328 e. The SMILES string of the molecule is O=C(O)C1CN=CN1c1ccc(NCC2(c3ncccc3F)CCC2)nn1. The Balaban J connectivity index is 1.45. The van der Waals surface area contributed by atoms with Crippen molar-refractivity contribution in [3.05, 3.63) is 42.0 Å². The normalized spacial score (nSPS) is 20.3. The van der Waals surface area contributed by atoms with E-state index in [1.165, 1.54) is 17.3 Å². The number of nitrogens with zero attached hydrogens (tertiary/aromatic N) is 5. The molecule has 0 aromatic carbocycles. The second-order valence-corrected chi connectivity index (χ2v) is 6.84. The number of rotatable bonds is 6. The zero-order chi connectivity index (χ0) is 18.9. The molecule has 2 N–H and O–H groups in total. The van der Waals surface area contributed by atoms with Crippen LogP contribution >= 0.6 is 0 Å². The first-order valence-corrected chi connectivity index (χ1v) is 8.79. The zero-order valence-electron chi connectivity index (χ0n) is 14.5. The number of aromatic nitrogens is 3. The van der Waals surface area contributed by atoms with E-state index in [1.807, 2.05) is 0 Å². The van der Waals surface area contributed by atoms with E-state index in [0.29, 0.717) is 23.9 Å². The molecule has 1 aliphatic carbocycles. The van der Waals surface area contributed by atoms with Crippen LogP contribution in [0, 0.1) is 5.82 Å². The van der Waals surface area contributed by atoms with Crippen LogP contribution in [0.5, 0.6) is 0 Å². The number of carboxylic acid groups (broad SMARTS) is 1. The van der Waals surface area contributed by atoms with Crippen molar-refractivity contribution in [2.75, 3.05) is 23.3 Å². The summed E-state index contributed by atoms with van der Waals surface area (Å²) in [7, 11) is 0. The van der Waals surface area contributed by atoms with Crippen molar-refractivity contribution in [2.24, 2.45) is 4.99 Å². The number of halogens is 1. The van der Waals surface area contributed by atoms with Gasteiger partial charge in [0.25, 0.3) is 0 Å². The minimum Gasteiger partial charge on any atom is -0.480 e. The summed E-state index contributed by atoms with van der Waals surface area (Å²) < 4.78 is 14.2. The van der Waals surface area contributed by atoms with Crippen molar-refractivity contribution in [3.63, 3.8) is 0 Å². The second-order valence-electron chi connectivity index (χ2n) is 6.84. The van der Waals surface area contributed by atoms with Gasteiger partial charge in [-0.1, -0.05) is 6.42 Å². The fourth-order valence-corrected chi connectivity index (χ4v) is 3.51. The van der Waals surface area contributed by atoms with Gasteiger partial charge < -0.3 is 10.4 Å². The lowest BCUT2D eigenvalue weighted by atomic mass is 9.66. The van der Waals surface area contributed by atoms with Gasteiger partial charge in [-0.15, -0.1) is 10.2 Å². The quantitative estimate of drug-likeness (QED) is 0.800. The number of anilines is 2. The number of carboxylic acids is 1. The van der Waals surface area contributed by atoms with Crippen LogP contribution in [-0.2, 0) is 10.2 Å². The van der Waals surface area contributed by atoms with Crippen molar-refractivity contribution >= 4 is 23.9 Å². The molecule has 0 amide bonds. The Hall–Kier alpha value is -3.10. The van der Waals surface area contributed by atoms with Crippen LogP contribution in [0.4, 0.5) is 16.0 Å². The number of nitrogens with one attached hydrogen (secondary N) is 1. The predicted molar refractivity (Wildman–Crippen MR) is 97.5 cm³/mol. The Kier molecular flexibility index (Phi) is 4.43. The van der Waals surface area contributed by atoms with Crippen molar-refractivity contribution in [1.82, 2.24) is 15.2 Å². The molecule has 1 saturated carbocycles. The Morgan fingerprint density at radius 1 is 1.33 bits per heavy atom. The first kappa shape index (κ1) is 17.3. The fourth-order valence-electron chi connectivity index (χ4n) is 3.51. The maximum Gasteiger partial charge on any atom is 0.328 e. The topological polar surface area (TPSA) is 104 Å². The van der Waals surface area contributed by atoms with E-state index in [1.54, 1.807) is 24.4 Å². The number of aliphatic imine (C=N–C) groups is 1. The number of aliphatic carboxylic acids is 1. The highest BCUT2D eigenvalue weighted by molar-refractivity contribution is 5.91. The van der Waals surface area contributed by atoms with Gasteiger partial charge in [-0.2, -0.15) is 0 Å². The van der Waals surface area contributed by atoms with Gasteiger partial charge in [0.1, 0.15) is 11.6 Å². The molecule has 1 unspecified atom stereocenters. The van der Waals surface area contributed by atoms with E-state index in [0.717, 1.165) is 19.3 Å². The molecule has 2 aromatic rings. The van der Waals surface area contributed by atoms with Gasteiger partial charge in [0, 0.05) is 18.2 Å². The summed E-state index contributed by atoms with van der Waals surface area (Å²) >= 11 is 0. The predicted octanol–water partition coefficient (Wildman–Crippen LogP) is 1.85. The first-order chi connectivity index (χ1) is 13.1. The Morgan fingerprint density at radius 3 is 2.81 bits per heavy atom. The summed E-state index contributed by atoms with van der Waals surface area (Å²) in [5.74, 6) is -0.276. The molecule has 1 fully saturated rings. The molecule has 2 aliphatic rings. The Morgan fingerprint density at radius 2 is 2.19 bits per heavy atom. The molecule has 0 radical (unpaired) electrons. The van der Waals surface area contributed by atoms with Crippen LogP contribution in [-0.4, -0.2) is 51.7 Å². The summed E-state index contributed by atoms with van der Waals surface area (Å²) in [4.78, 5) is 21.0. The highest BCUT2D eigenvalue weighted by Gasteiger charge is 2.41. The molecule has 1 aliphatic heterocycles. The third-order valence-electron chi connectivity index (χ3n) is 5.20. The molecule has 0 saturated heterocycles. The van der Waals surface area contributed by atoms with Crippen LogP contribution in [0.15, 0.2) is 35.5 Å². The summed E-state index contributed by atoms with van der Waals surface area (Å²) in [6, 6.07) is 5.69. The lowest BCUT2D eigenvalue weighted by Crippen LogP contribution is -2.42. The number of carbonyl (C=O) groups is 1. The molecule has 4 rings (SSSR count). The monoisotopic (exact) mass is 370 g/mol. The molecule has 1 atom stereocenters. The molecule has 27 heavy (non-hydrogen) atoms. The van der Waals surface area contributed by atoms with Crippen LogP contribution in [0.3, 0.4) is 0 Å². The second kappa shape index (κ2) is 6.90. The number of pyridine rings is 1. The zero-order valence-corrected chi connectivity index (χ0v) is 14.5. The van der Waals surface area contributed by atoms with Gasteiger partial charge in [0.05, 0.1) is 18.6 Å². The maximum atomic E-state index is 14.2. The molecule has 3 heterocycles. The van der Waals surface area contributed by atoms with Gasteiger partial charge in [0.15, 0.2) is 11.9 Å². The van der Waals surface area contributed by atoms with Crippen molar-refractivity contribution < 1.29 is 14.3 Å². The summed E-state index contributed by atoms with van der Waals surface area (Å²) in [6.45, 7) is 0.701. The van der Waals surface area contributed by atoms with Crippen LogP contribution in [0.25, 0.3) is 0 Å². The van der Waals surface area contributed by atoms with Gasteiger partial charge in [-0.3, -0.25) is 14.9 Å². The highest BCUT2D eigenvalue weighted by atomic mass is 19.1. The number of hydrogen-bond donors (Lipinski definition) is 2. The fraction of sp³-hybridized carbons (Fsp3) is 0.389.